The monoisotopic (exact) mass is 198 g/mol. The van der Waals surface area contributed by atoms with Gasteiger partial charge in [-0.25, -0.2) is 4.39 Å². The van der Waals surface area contributed by atoms with E-state index >= 15 is 0 Å². The van der Waals surface area contributed by atoms with Crippen molar-refractivity contribution in [2.45, 2.75) is 11.8 Å². The van der Waals surface area contributed by atoms with Crippen molar-refractivity contribution in [3.63, 3.8) is 0 Å². The SMILES string of the molecule is Cc1csc2cc(F)cc(S)c12. The van der Waals surface area contributed by atoms with E-state index in [9.17, 15) is 4.39 Å². The smallest absolute Gasteiger partial charge is 0.125 e. The number of thiol groups is 1. The molecule has 0 spiro atoms. The molecule has 0 saturated carbocycles. The Kier molecular flexibility index (Phi) is 1.85. The van der Waals surface area contributed by atoms with E-state index in [4.69, 9.17) is 0 Å². The average Bonchev–Trinajstić information content (AvgIpc) is 2.31. The van der Waals surface area contributed by atoms with Gasteiger partial charge in [0.25, 0.3) is 0 Å². The molecule has 1 heterocycles. The molecule has 0 N–H and O–H groups in total. The van der Waals surface area contributed by atoms with Gasteiger partial charge in [-0.2, -0.15) is 0 Å². The van der Waals surface area contributed by atoms with E-state index in [2.05, 4.69) is 12.6 Å². The fourth-order valence-corrected chi connectivity index (χ4v) is 2.75. The largest absolute Gasteiger partial charge is 0.207 e. The highest BCUT2D eigenvalue weighted by Gasteiger charge is 2.05. The third kappa shape index (κ3) is 1.13. The Bertz CT molecular complexity index is 431. The first-order valence-corrected chi connectivity index (χ1v) is 4.87. The highest BCUT2D eigenvalue weighted by Crippen LogP contribution is 2.31. The van der Waals surface area contributed by atoms with Gasteiger partial charge >= 0.3 is 0 Å². The Morgan fingerprint density at radius 3 is 2.92 bits per heavy atom. The fraction of sp³-hybridized carbons (Fsp3) is 0.111. The van der Waals surface area contributed by atoms with Crippen LogP contribution in [0, 0.1) is 12.7 Å². The zero-order valence-electron chi connectivity index (χ0n) is 6.47. The third-order valence-corrected chi connectivity index (χ3v) is 3.20. The maximum Gasteiger partial charge on any atom is 0.125 e. The second-order valence-corrected chi connectivity index (χ2v) is 4.11. The van der Waals surface area contributed by atoms with Gasteiger partial charge in [0.05, 0.1) is 0 Å². The molecule has 0 nitrogen and oxygen atoms in total. The van der Waals surface area contributed by atoms with Crippen LogP contribution in [0.3, 0.4) is 0 Å². The predicted molar refractivity (Wildman–Crippen MR) is 53.8 cm³/mol. The van der Waals surface area contributed by atoms with Crippen molar-refractivity contribution in [2.24, 2.45) is 0 Å². The van der Waals surface area contributed by atoms with Crippen LogP contribution >= 0.6 is 24.0 Å². The molecule has 0 aliphatic heterocycles. The summed E-state index contributed by atoms with van der Waals surface area (Å²) in [7, 11) is 0. The van der Waals surface area contributed by atoms with Crippen LogP contribution in [0.15, 0.2) is 22.4 Å². The first kappa shape index (κ1) is 8.08. The quantitative estimate of drug-likeness (QED) is 0.614. The van der Waals surface area contributed by atoms with Crippen molar-refractivity contribution in [3.05, 3.63) is 28.9 Å². The lowest BCUT2D eigenvalue weighted by atomic mass is 10.2. The molecule has 2 aromatic rings. The van der Waals surface area contributed by atoms with Crippen LogP contribution in [-0.4, -0.2) is 0 Å². The van der Waals surface area contributed by atoms with Crippen molar-refractivity contribution in [3.8, 4) is 0 Å². The van der Waals surface area contributed by atoms with E-state index in [0.717, 1.165) is 15.0 Å². The zero-order chi connectivity index (χ0) is 8.72. The number of hydrogen-bond donors (Lipinski definition) is 1. The molecular weight excluding hydrogens is 191 g/mol. The summed E-state index contributed by atoms with van der Waals surface area (Å²) in [5, 5.41) is 3.09. The number of thiophene rings is 1. The molecule has 0 aliphatic rings. The first-order valence-electron chi connectivity index (χ1n) is 3.55. The summed E-state index contributed by atoms with van der Waals surface area (Å²) in [5.74, 6) is -0.214. The van der Waals surface area contributed by atoms with E-state index in [0.29, 0.717) is 0 Å². The summed E-state index contributed by atoms with van der Waals surface area (Å²) < 4.78 is 13.8. The van der Waals surface area contributed by atoms with Crippen LogP contribution in [0.4, 0.5) is 4.39 Å². The summed E-state index contributed by atoms with van der Waals surface area (Å²) in [6.45, 7) is 2.01. The van der Waals surface area contributed by atoms with Gasteiger partial charge < -0.3 is 0 Å². The van der Waals surface area contributed by atoms with E-state index < -0.39 is 0 Å². The van der Waals surface area contributed by atoms with Gasteiger partial charge in [-0.15, -0.1) is 24.0 Å². The van der Waals surface area contributed by atoms with Crippen molar-refractivity contribution in [2.75, 3.05) is 0 Å². The fourth-order valence-electron chi connectivity index (χ4n) is 1.27. The molecule has 0 unspecified atom stereocenters. The van der Waals surface area contributed by atoms with E-state index in [-0.39, 0.29) is 5.82 Å². The molecule has 2 rings (SSSR count). The van der Waals surface area contributed by atoms with Crippen molar-refractivity contribution in [1.29, 1.82) is 0 Å². The summed E-state index contributed by atoms with van der Waals surface area (Å²) in [6, 6.07) is 3.00. The minimum atomic E-state index is -0.214. The van der Waals surface area contributed by atoms with Gasteiger partial charge in [0.2, 0.25) is 0 Å². The van der Waals surface area contributed by atoms with E-state index in [1.54, 1.807) is 17.4 Å². The van der Waals surface area contributed by atoms with Crippen molar-refractivity contribution < 1.29 is 4.39 Å². The molecule has 1 aromatic carbocycles. The molecule has 0 atom stereocenters. The van der Waals surface area contributed by atoms with E-state index in [1.165, 1.54) is 11.6 Å². The second-order valence-electron chi connectivity index (χ2n) is 2.72. The Labute approximate surface area is 79.4 Å². The minimum Gasteiger partial charge on any atom is -0.207 e. The number of hydrogen-bond acceptors (Lipinski definition) is 2. The van der Waals surface area contributed by atoms with Crippen LogP contribution in [0.25, 0.3) is 10.1 Å². The molecular formula is C9H7FS2. The third-order valence-electron chi connectivity index (χ3n) is 1.80. The molecule has 0 fully saturated rings. The minimum absolute atomic E-state index is 0.214. The lowest BCUT2D eigenvalue weighted by Gasteiger charge is -1.96. The molecule has 12 heavy (non-hydrogen) atoms. The number of rotatable bonds is 0. The number of halogens is 1. The van der Waals surface area contributed by atoms with Gasteiger partial charge in [0, 0.05) is 15.0 Å². The molecule has 0 amide bonds. The Morgan fingerprint density at radius 2 is 2.17 bits per heavy atom. The van der Waals surface area contributed by atoms with Gasteiger partial charge in [0.15, 0.2) is 0 Å². The molecule has 0 bridgehead atoms. The van der Waals surface area contributed by atoms with Gasteiger partial charge in [-0.05, 0) is 30.0 Å². The highest BCUT2D eigenvalue weighted by molar-refractivity contribution is 7.80. The molecule has 0 saturated heterocycles. The Balaban J connectivity index is 2.93. The molecule has 3 heteroatoms. The van der Waals surface area contributed by atoms with Crippen LogP contribution in [0.1, 0.15) is 5.56 Å². The first-order chi connectivity index (χ1) is 5.68. The van der Waals surface area contributed by atoms with Crippen LogP contribution in [-0.2, 0) is 0 Å². The summed E-state index contributed by atoms with van der Waals surface area (Å²) in [5.41, 5.74) is 1.17. The second kappa shape index (κ2) is 2.75. The summed E-state index contributed by atoms with van der Waals surface area (Å²) in [6.07, 6.45) is 0. The predicted octanol–water partition coefficient (Wildman–Crippen LogP) is 3.64. The molecule has 62 valence electrons. The Morgan fingerprint density at radius 1 is 1.42 bits per heavy atom. The maximum atomic E-state index is 12.9. The van der Waals surface area contributed by atoms with Gasteiger partial charge in [-0.1, -0.05) is 0 Å². The average molecular weight is 198 g/mol. The van der Waals surface area contributed by atoms with Crippen LogP contribution in [0.2, 0.25) is 0 Å². The summed E-state index contributed by atoms with van der Waals surface area (Å²) in [4.78, 5) is 0.726. The number of aryl methyl sites for hydroxylation is 1. The highest BCUT2D eigenvalue weighted by atomic mass is 32.1. The maximum absolute atomic E-state index is 12.9. The van der Waals surface area contributed by atoms with Crippen molar-refractivity contribution in [1.82, 2.24) is 0 Å². The van der Waals surface area contributed by atoms with Crippen molar-refractivity contribution >= 4 is 34.1 Å². The van der Waals surface area contributed by atoms with Crippen LogP contribution in [0.5, 0.6) is 0 Å². The number of fused-ring (bicyclic) bond motifs is 1. The molecule has 1 aromatic heterocycles. The normalized spacial score (nSPS) is 10.9. The topological polar surface area (TPSA) is 0 Å². The van der Waals surface area contributed by atoms with E-state index in [1.807, 2.05) is 12.3 Å². The summed E-state index contributed by atoms with van der Waals surface area (Å²) >= 11 is 5.78. The molecule has 0 aliphatic carbocycles. The van der Waals surface area contributed by atoms with Crippen LogP contribution < -0.4 is 0 Å². The van der Waals surface area contributed by atoms with Gasteiger partial charge in [-0.3, -0.25) is 0 Å². The molecule has 0 radical (unpaired) electrons. The lowest BCUT2D eigenvalue weighted by molar-refractivity contribution is 0.627. The zero-order valence-corrected chi connectivity index (χ0v) is 8.18. The number of benzene rings is 1. The van der Waals surface area contributed by atoms with Gasteiger partial charge in [0.1, 0.15) is 5.82 Å². The Hall–Kier alpha value is -0.540. The standard InChI is InChI=1S/C9H7FS2/c1-5-4-12-8-3-6(10)2-7(11)9(5)8/h2-4,11H,1H3. The lowest BCUT2D eigenvalue weighted by Crippen LogP contribution is -1.76.